The van der Waals surface area contributed by atoms with Crippen molar-refractivity contribution in [1.29, 1.82) is 0 Å². The van der Waals surface area contributed by atoms with E-state index in [1.165, 1.54) is 44.9 Å². The zero-order chi connectivity index (χ0) is 12.1. The minimum absolute atomic E-state index is 0.108. The molecule has 2 fully saturated rings. The monoisotopic (exact) mass is 239 g/mol. The second-order valence-corrected chi connectivity index (χ2v) is 5.38. The Balaban J connectivity index is 1.68. The molecule has 4 heteroatoms. The molecule has 0 aromatic carbocycles. The highest BCUT2D eigenvalue weighted by atomic mass is 16.5. The van der Waals surface area contributed by atoms with E-state index < -0.39 is 0 Å². The Bertz CT molecular complexity index is 262. The van der Waals surface area contributed by atoms with Crippen LogP contribution in [0.3, 0.4) is 0 Å². The average molecular weight is 239 g/mol. The van der Waals surface area contributed by atoms with E-state index in [9.17, 15) is 0 Å². The molecule has 0 aromatic heterocycles. The molecule has 0 bridgehead atoms. The second kappa shape index (κ2) is 5.71. The van der Waals surface area contributed by atoms with Gasteiger partial charge in [-0.1, -0.05) is 12.8 Å². The maximum atomic E-state index is 5.88. The molecule has 0 aliphatic heterocycles. The van der Waals surface area contributed by atoms with Crippen LogP contribution >= 0.6 is 0 Å². The van der Waals surface area contributed by atoms with Crippen molar-refractivity contribution < 1.29 is 4.74 Å². The van der Waals surface area contributed by atoms with Crippen molar-refractivity contribution in [2.45, 2.75) is 63.0 Å². The van der Waals surface area contributed by atoms with E-state index in [2.05, 4.69) is 10.3 Å². The molecule has 3 N–H and O–H groups in total. The first-order valence-corrected chi connectivity index (χ1v) is 6.86. The van der Waals surface area contributed by atoms with Gasteiger partial charge in [-0.05, 0) is 38.5 Å². The van der Waals surface area contributed by atoms with Crippen LogP contribution in [0.2, 0.25) is 0 Å². The Hall–Kier alpha value is -0.770. The topological polar surface area (TPSA) is 59.6 Å². The molecule has 2 aliphatic rings. The lowest BCUT2D eigenvalue weighted by Gasteiger charge is -2.40. The summed E-state index contributed by atoms with van der Waals surface area (Å²) in [5, 5.41) is 3.31. The normalized spacial score (nSPS) is 24.6. The predicted octanol–water partition coefficient (Wildman–Crippen LogP) is 1.79. The van der Waals surface area contributed by atoms with Gasteiger partial charge in [0.1, 0.15) is 0 Å². The number of nitrogens with one attached hydrogen (secondary N) is 1. The van der Waals surface area contributed by atoms with Gasteiger partial charge in [0.15, 0.2) is 5.96 Å². The van der Waals surface area contributed by atoms with Gasteiger partial charge in [-0.15, -0.1) is 0 Å². The zero-order valence-corrected chi connectivity index (χ0v) is 10.9. The predicted molar refractivity (Wildman–Crippen MR) is 70.1 cm³/mol. The molecule has 2 saturated carbocycles. The van der Waals surface area contributed by atoms with Crippen LogP contribution in [0.4, 0.5) is 0 Å². The number of nitrogens with two attached hydrogens (primary N) is 1. The number of methoxy groups -OCH3 is 1. The highest BCUT2D eigenvalue weighted by molar-refractivity contribution is 5.78. The summed E-state index contributed by atoms with van der Waals surface area (Å²) in [6.45, 7) is 0.777. The highest BCUT2D eigenvalue weighted by Crippen LogP contribution is 2.37. The average Bonchev–Trinajstić information content (AvgIpc) is 2.75. The summed E-state index contributed by atoms with van der Waals surface area (Å²) in [6, 6.07) is 0.554. The summed E-state index contributed by atoms with van der Waals surface area (Å²) < 4.78 is 5.56. The number of guanidine groups is 1. The lowest BCUT2D eigenvalue weighted by molar-refractivity contribution is -0.0754. The number of ether oxygens (including phenoxy) is 1. The Kier molecular flexibility index (Phi) is 4.26. The zero-order valence-electron chi connectivity index (χ0n) is 10.9. The maximum Gasteiger partial charge on any atom is 0.188 e. The van der Waals surface area contributed by atoms with Gasteiger partial charge < -0.3 is 15.8 Å². The SMILES string of the molecule is COC1(CCN=C(N)NC2CCCC2)CCC1. The summed E-state index contributed by atoms with van der Waals surface area (Å²) in [6.07, 6.45) is 9.74. The van der Waals surface area contributed by atoms with E-state index in [-0.39, 0.29) is 5.60 Å². The number of hydrogen-bond acceptors (Lipinski definition) is 2. The van der Waals surface area contributed by atoms with Gasteiger partial charge in [-0.25, -0.2) is 0 Å². The minimum atomic E-state index is 0.108. The third kappa shape index (κ3) is 3.35. The van der Waals surface area contributed by atoms with Crippen LogP contribution < -0.4 is 11.1 Å². The minimum Gasteiger partial charge on any atom is -0.378 e. The molecule has 2 aliphatic carbocycles. The Morgan fingerprint density at radius 1 is 1.35 bits per heavy atom. The molecule has 0 amide bonds. The second-order valence-electron chi connectivity index (χ2n) is 5.38. The number of aliphatic imine (C=N–C) groups is 1. The van der Waals surface area contributed by atoms with Crippen molar-refractivity contribution in [3.8, 4) is 0 Å². The highest BCUT2D eigenvalue weighted by Gasteiger charge is 2.36. The fraction of sp³-hybridized carbons (Fsp3) is 0.923. The van der Waals surface area contributed by atoms with Gasteiger partial charge in [-0.3, -0.25) is 4.99 Å². The van der Waals surface area contributed by atoms with Crippen LogP contribution in [-0.2, 0) is 4.74 Å². The molecule has 0 heterocycles. The Labute approximate surface area is 104 Å². The first kappa shape index (κ1) is 12.7. The first-order valence-electron chi connectivity index (χ1n) is 6.86. The van der Waals surface area contributed by atoms with Crippen LogP contribution in [0, 0.1) is 0 Å². The summed E-state index contributed by atoms with van der Waals surface area (Å²) in [4.78, 5) is 4.41. The van der Waals surface area contributed by atoms with Crippen molar-refractivity contribution in [1.82, 2.24) is 5.32 Å². The van der Waals surface area contributed by atoms with Gasteiger partial charge >= 0.3 is 0 Å². The standard InChI is InChI=1S/C13H25N3O/c1-17-13(7-4-8-13)9-10-15-12(14)16-11-5-2-3-6-11/h11H,2-10H2,1H3,(H3,14,15,16). The van der Waals surface area contributed by atoms with Crippen LogP contribution in [0.5, 0.6) is 0 Å². The summed E-state index contributed by atoms with van der Waals surface area (Å²) in [7, 11) is 1.81. The molecule has 0 atom stereocenters. The van der Waals surface area contributed by atoms with Crippen LogP contribution in [0.15, 0.2) is 4.99 Å². The van der Waals surface area contributed by atoms with E-state index in [1.54, 1.807) is 0 Å². The van der Waals surface area contributed by atoms with Gasteiger partial charge in [0.2, 0.25) is 0 Å². The maximum absolute atomic E-state index is 5.88. The van der Waals surface area contributed by atoms with Gasteiger partial charge in [0.25, 0.3) is 0 Å². The first-order chi connectivity index (χ1) is 8.24. The summed E-state index contributed by atoms with van der Waals surface area (Å²) in [5.41, 5.74) is 5.99. The Morgan fingerprint density at radius 2 is 2.06 bits per heavy atom. The summed E-state index contributed by atoms with van der Waals surface area (Å²) in [5.74, 6) is 0.613. The van der Waals surface area contributed by atoms with Crippen LogP contribution in [0.25, 0.3) is 0 Å². The van der Waals surface area contributed by atoms with Crippen molar-refractivity contribution >= 4 is 5.96 Å². The quantitative estimate of drug-likeness (QED) is 0.568. The Morgan fingerprint density at radius 3 is 2.59 bits per heavy atom. The van der Waals surface area contributed by atoms with E-state index >= 15 is 0 Å². The third-order valence-corrected chi connectivity index (χ3v) is 4.25. The van der Waals surface area contributed by atoms with E-state index in [0.717, 1.165) is 13.0 Å². The van der Waals surface area contributed by atoms with Crippen molar-refractivity contribution in [2.75, 3.05) is 13.7 Å². The van der Waals surface area contributed by atoms with Crippen molar-refractivity contribution in [3.05, 3.63) is 0 Å². The van der Waals surface area contributed by atoms with Gasteiger partial charge in [-0.2, -0.15) is 0 Å². The summed E-state index contributed by atoms with van der Waals surface area (Å²) >= 11 is 0. The molecular formula is C13H25N3O. The molecule has 0 spiro atoms. The lowest BCUT2D eigenvalue weighted by atomic mass is 9.77. The van der Waals surface area contributed by atoms with Gasteiger partial charge in [0.05, 0.1) is 5.60 Å². The molecule has 17 heavy (non-hydrogen) atoms. The number of nitrogens with zero attached hydrogens (tertiary/aromatic N) is 1. The molecule has 0 unspecified atom stereocenters. The smallest absolute Gasteiger partial charge is 0.188 e. The van der Waals surface area contributed by atoms with E-state index in [4.69, 9.17) is 10.5 Å². The molecular weight excluding hydrogens is 214 g/mol. The number of rotatable bonds is 5. The third-order valence-electron chi connectivity index (χ3n) is 4.25. The van der Waals surface area contributed by atoms with E-state index in [1.807, 2.05) is 7.11 Å². The fourth-order valence-corrected chi connectivity index (χ4v) is 2.83. The van der Waals surface area contributed by atoms with Crippen molar-refractivity contribution in [2.24, 2.45) is 10.7 Å². The molecule has 4 nitrogen and oxygen atoms in total. The molecule has 98 valence electrons. The molecule has 0 aromatic rings. The van der Waals surface area contributed by atoms with Crippen molar-refractivity contribution in [3.63, 3.8) is 0 Å². The fourth-order valence-electron chi connectivity index (χ4n) is 2.83. The van der Waals surface area contributed by atoms with Crippen LogP contribution in [-0.4, -0.2) is 31.3 Å². The lowest BCUT2D eigenvalue weighted by Crippen LogP contribution is -2.41. The van der Waals surface area contributed by atoms with Gasteiger partial charge in [0, 0.05) is 19.7 Å². The van der Waals surface area contributed by atoms with E-state index in [0.29, 0.717) is 12.0 Å². The largest absolute Gasteiger partial charge is 0.378 e. The molecule has 0 saturated heterocycles. The molecule has 2 rings (SSSR count). The number of hydrogen-bond donors (Lipinski definition) is 2. The molecule has 0 radical (unpaired) electrons. The van der Waals surface area contributed by atoms with Crippen LogP contribution in [0.1, 0.15) is 51.4 Å².